The second-order valence-electron chi connectivity index (χ2n) is 6.04. The first-order valence-corrected chi connectivity index (χ1v) is 7.90. The lowest BCUT2D eigenvalue weighted by atomic mass is 9.94. The number of likely N-dealkylation sites (tertiary alicyclic amines) is 1. The number of aliphatic hydroxyl groups is 1. The maximum atomic E-state index is 11.9. The summed E-state index contributed by atoms with van der Waals surface area (Å²) in [5.41, 5.74) is 0. The Labute approximate surface area is 121 Å². The van der Waals surface area contributed by atoms with Gasteiger partial charge in [-0.05, 0) is 38.6 Å². The fourth-order valence-corrected chi connectivity index (χ4v) is 3.64. The lowest BCUT2D eigenvalue weighted by molar-refractivity contribution is -0.122. The number of aliphatic hydroxyl groups excluding tert-OH is 1. The number of hydrogen-bond donors (Lipinski definition) is 2. The van der Waals surface area contributed by atoms with Crippen molar-refractivity contribution in [2.24, 2.45) is 5.92 Å². The fraction of sp³-hybridized carbons (Fsp3) is 0.933. The molecule has 1 aliphatic carbocycles. The molecule has 5 heteroatoms. The maximum Gasteiger partial charge on any atom is 0.234 e. The minimum Gasteiger partial charge on any atom is -0.393 e. The Kier molecular flexibility index (Phi) is 6.26. The molecule has 3 unspecified atom stereocenters. The van der Waals surface area contributed by atoms with E-state index in [1.54, 1.807) is 7.11 Å². The highest BCUT2D eigenvalue weighted by atomic mass is 16.5. The lowest BCUT2D eigenvalue weighted by Gasteiger charge is -2.30. The smallest absolute Gasteiger partial charge is 0.234 e. The third-order valence-corrected chi connectivity index (χ3v) is 4.63. The van der Waals surface area contributed by atoms with Gasteiger partial charge in [0.25, 0.3) is 0 Å². The normalized spacial score (nSPS) is 30.8. The topological polar surface area (TPSA) is 61.8 Å². The first-order valence-electron chi connectivity index (χ1n) is 7.90. The van der Waals surface area contributed by atoms with Crippen LogP contribution < -0.4 is 5.32 Å². The summed E-state index contributed by atoms with van der Waals surface area (Å²) in [6.45, 7) is 2.82. The predicted molar refractivity (Wildman–Crippen MR) is 77.4 cm³/mol. The van der Waals surface area contributed by atoms with E-state index in [1.165, 1.54) is 0 Å². The number of carbonyl (C=O) groups excluding carboxylic acids is 1. The molecule has 5 nitrogen and oxygen atoms in total. The van der Waals surface area contributed by atoms with Gasteiger partial charge in [-0.3, -0.25) is 9.69 Å². The van der Waals surface area contributed by atoms with Gasteiger partial charge in [0.05, 0.1) is 12.6 Å². The molecule has 0 radical (unpaired) electrons. The average Bonchev–Trinajstić information content (AvgIpc) is 3.03. The molecule has 0 aromatic heterocycles. The van der Waals surface area contributed by atoms with E-state index >= 15 is 0 Å². The van der Waals surface area contributed by atoms with Crippen LogP contribution in [0, 0.1) is 5.92 Å². The van der Waals surface area contributed by atoms with Gasteiger partial charge in [-0.15, -0.1) is 0 Å². The molecule has 1 saturated heterocycles. The van der Waals surface area contributed by atoms with E-state index in [2.05, 4.69) is 10.2 Å². The largest absolute Gasteiger partial charge is 0.393 e. The quantitative estimate of drug-likeness (QED) is 0.678. The van der Waals surface area contributed by atoms with Crippen LogP contribution >= 0.6 is 0 Å². The molecule has 3 atom stereocenters. The maximum absolute atomic E-state index is 11.9. The minimum absolute atomic E-state index is 0.0977. The molecule has 0 aromatic rings. The van der Waals surface area contributed by atoms with Crippen LogP contribution in [-0.2, 0) is 9.53 Å². The van der Waals surface area contributed by atoms with Crippen LogP contribution in [0.4, 0.5) is 0 Å². The number of hydrogen-bond acceptors (Lipinski definition) is 4. The van der Waals surface area contributed by atoms with Crippen molar-refractivity contribution in [3.8, 4) is 0 Å². The molecule has 1 saturated carbocycles. The van der Waals surface area contributed by atoms with Crippen molar-refractivity contribution in [1.82, 2.24) is 10.2 Å². The third-order valence-electron chi connectivity index (χ3n) is 4.63. The van der Waals surface area contributed by atoms with Gasteiger partial charge in [-0.1, -0.05) is 6.42 Å². The molecule has 2 N–H and O–H groups in total. The predicted octanol–water partition coefficient (Wildman–Crippen LogP) is 0.765. The molecule has 2 fully saturated rings. The summed E-state index contributed by atoms with van der Waals surface area (Å²) < 4.78 is 4.96. The Morgan fingerprint density at radius 3 is 2.90 bits per heavy atom. The summed E-state index contributed by atoms with van der Waals surface area (Å²) >= 11 is 0. The highest BCUT2D eigenvalue weighted by Crippen LogP contribution is 2.35. The summed E-state index contributed by atoms with van der Waals surface area (Å²) in [5, 5.41) is 13.0. The Balaban J connectivity index is 1.74. The molecule has 0 spiro atoms. The number of nitrogens with one attached hydrogen (secondary N) is 1. The van der Waals surface area contributed by atoms with Gasteiger partial charge in [-0.2, -0.15) is 0 Å². The monoisotopic (exact) mass is 284 g/mol. The van der Waals surface area contributed by atoms with Crippen LogP contribution in [0.15, 0.2) is 0 Å². The van der Waals surface area contributed by atoms with E-state index in [9.17, 15) is 9.90 Å². The van der Waals surface area contributed by atoms with Crippen LogP contribution in [0.5, 0.6) is 0 Å². The molecule has 2 rings (SSSR count). The Bertz CT molecular complexity index is 311. The lowest BCUT2D eigenvalue weighted by Crippen LogP contribution is -2.44. The van der Waals surface area contributed by atoms with Crippen LogP contribution in [0.2, 0.25) is 0 Å². The summed E-state index contributed by atoms with van der Waals surface area (Å²) in [4.78, 5) is 14.2. The van der Waals surface area contributed by atoms with Crippen LogP contribution in [0.25, 0.3) is 0 Å². The highest BCUT2D eigenvalue weighted by molar-refractivity contribution is 5.78. The van der Waals surface area contributed by atoms with Gasteiger partial charge in [0.1, 0.15) is 0 Å². The van der Waals surface area contributed by atoms with Gasteiger partial charge in [-0.25, -0.2) is 0 Å². The number of ether oxygens (including phenoxy) is 1. The highest BCUT2D eigenvalue weighted by Gasteiger charge is 2.38. The summed E-state index contributed by atoms with van der Waals surface area (Å²) in [6, 6.07) is 0.400. The standard InChI is InChI=1S/C15H28N2O3/c1-20-10-4-8-16-15(19)11-17-9-3-6-13(17)12-5-2-7-14(12)18/h12-14,18H,2-11H2,1H3,(H,16,19). The van der Waals surface area contributed by atoms with Gasteiger partial charge in [0, 0.05) is 32.2 Å². The summed E-state index contributed by atoms with van der Waals surface area (Å²) in [6.07, 6.45) is 6.12. The molecule has 1 aliphatic heterocycles. The number of nitrogens with zero attached hydrogens (tertiary/aromatic N) is 1. The second kappa shape index (κ2) is 7.96. The Hall–Kier alpha value is -0.650. The van der Waals surface area contributed by atoms with Crippen molar-refractivity contribution in [3.05, 3.63) is 0 Å². The van der Waals surface area contributed by atoms with Crippen LogP contribution in [0.1, 0.15) is 38.5 Å². The van der Waals surface area contributed by atoms with Gasteiger partial charge in [0.15, 0.2) is 0 Å². The van der Waals surface area contributed by atoms with Gasteiger partial charge in [0.2, 0.25) is 5.91 Å². The van der Waals surface area contributed by atoms with E-state index in [4.69, 9.17) is 4.74 Å². The first kappa shape index (κ1) is 15.7. The van der Waals surface area contributed by atoms with E-state index in [-0.39, 0.29) is 12.0 Å². The molecule has 0 bridgehead atoms. The molecule has 20 heavy (non-hydrogen) atoms. The molecule has 2 aliphatic rings. The van der Waals surface area contributed by atoms with E-state index in [1.807, 2.05) is 0 Å². The van der Waals surface area contributed by atoms with Crippen molar-refractivity contribution >= 4 is 5.91 Å². The molecule has 116 valence electrons. The Morgan fingerprint density at radius 1 is 1.35 bits per heavy atom. The third kappa shape index (κ3) is 4.17. The van der Waals surface area contributed by atoms with Crippen LogP contribution in [-0.4, -0.2) is 61.4 Å². The van der Waals surface area contributed by atoms with Crippen molar-refractivity contribution in [2.75, 3.05) is 33.4 Å². The molecular formula is C15H28N2O3. The zero-order valence-electron chi connectivity index (χ0n) is 12.5. The minimum atomic E-state index is -0.162. The molecule has 0 aromatic carbocycles. The zero-order chi connectivity index (χ0) is 14.4. The van der Waals surface area contributed by atoms with Crippen molar-refractivity contribution in [1.29, 1.82) is 0 Å². The first-order chi connectivity index (χ1) is 9.72. The fourth-order valence-electron chi connectivity index (χ4n) is 3.64. The molecular weight excluding hydrogens is 256 g/mol. The number of carbonyl (C=O) groups is 1. The van der Waals surface area contributed by atoms with E-state index < -0.39 is 0 Å². The van der Waals surface area contributed by atoms with Gasteiger partial charge >= 0.3 is 0 Å². The van der Waals surface area contributed by atoms with E-state index in [0.717, 1.165) is 45.1 Å². The summed E-state index contributed by atoms with van der Waals surface area (Å²) in [7, 11) is 1.67. The number of methoxy groups -OCH3 is 1. The molecule has 1 heterocycles. The van der Waals surface area contributed by atoms with Gasteiger partial charge < -0.3 is 15.2 Å². The summed E-state index contributed by atoms with van der Waals surface area (Å²) in [5.74, 6) is 0.472. The number of amides is 1. The van der Waals surface area contributed by atoms with Crippen molar-refractivity contribution < 1.29 is 14.6 Å². The van der Waals surface area contributed by atoms with Crippen LogP contribution in [0.3, 0.4) is 0 Å². The molecule has 1 amide bonds. The number of rotatable bonds is 7. The average molecular weight is 284 g/mol. The van der Waals surface area contributed by atoms with Crippen molar-refractivity contribution in [3.63, 3.8) is 0 Å². The Morgan fingerprint density at radius 2 is 2.20 bits per heavy atom. The van der Waals surface area contributed by atoms with E-state index in [0.29, 0.717) is 31.7 Å². The van der Waals surface area contributed by atoms with Crippen molar-refractivity contribution in [2.45, 2.75) is 50.7 Å². The SMILES string of the molecule is COCCCNC(=O)CN1CCCC1C1CCCC1O. The second-order valence-corrected chi connectivity index (χ2v) is 6.04. The zero-order valence-corrected chi connectivity index (χ0v) is 12.5.